The number of hydrogen-bond acceptors (Lipinski definition) is 5. The molecule has 1 aliphatic heterocycles. The molecular formula is C19H24ClN5O2. The number of amides is 1. The summed E-state index contributed by atoms with van der Waals surface area (Å²) in [4.78, 5) is 15.9. The van der Waals surface area contributed by atoms with Gasteiger partial charge >= 0.3 is 0 Å². The van der Waals surface area contributed by atoms with Crippen molar-refractivity contribution in [3.63, 3.8) is 0 Å². The van der Waals surface area contributed by atoms with Crippen LogP contribution in [0.25, 0.3) is 6.08 Å². The number of benzene rings is 1. The van der Waals surface area contributed by atoms with Gasteiger partial charge in [-0.15, -0.1) is 10.2 Å². The summed E-state index contributed by atoms with van der Waals surface area (Å²) in [5.41, 5.74) is 1.85. The van der Waals surface area contributed by atoms with E-state index in [1.165, 1.54) is 4.80 Å². The van der Waals surface area contributed by atoms with Gasteiger partial charge in [-0.25, -0.2) is 0 Å². The van der Waals surface area contributed by atoms with Crippen molar-refractivity contribution in [1.29, 1.82) is 0 Å². The summed E-state index contributed by atoms with van der Waals surface area (Å²) in [5.74, 6) is 1.19. The van der Waals surface area contributed by atoms with Crippen LogP contribution in [-0.4, -0.2) is 57.8 Å². The van der Waals surface area contributed by atoms with Gasteiger partial charge in [-0.2, -0.15) is 4.80 Å². The molecule has 2 aromatic rings. The molecule has 8 heteroatoms. The number of aryl methyl sites for hydroxylation is 1. The standard InChI is InChI=1S/C19H24ClN5O2/c1-14-21-23-25(22-14)12-17-11-18(20)5-3-16(17)4-6-19(26)24-9-7-15(8-10-24)13-27-2/h3-6,11,15H,7-10,12-13H2,1-2H3/b6-4+. The average molecular weight is 390 g/mol. The van der Waals surface area contributed by atoms with Gasteiger partial charge in [0, 0.05) is 37.9 Å². The van der Waals surface area contributed by atoms with Crippen molar-refractivity contribution in [3.05, 3.63) is 46.2 Å². The number of nitrogens with zero attached hydrogens (tertiary/aromatic N) is 5. The number of tetrazole rings is 1. The minimum absolute atomic E-state index is 0.0292. The summed E-state index contributed by atoms with van der Waals surface area (Å²) in [7, 11) is 1.72. The quantitative estimate of drug-likeness (QED) is 0.710. The Hall–Kier alpha value is -2.25. The molecule has 1 fully saturated rings. The van der Waals surface area contributed by atoms with Gasteiger partial charge in [0.2, 0.25) is 5.91 Å². The fourth-order valence-electron chi connectivity index (χ4n) is 3.24. The fourth-order valence-corrected chi connectivity index (χ4v) is 3.43. The van der Waals surface area contributed by atoms with E-state index in [0.717, 1.165) is 43.7 Å². The average Bonchev–Trinajstić information content (AvgIpc) is 3.06. The molecule has 1 aromatic heterocycles. The molecular weight excluding hydrogens is 366 g/mol. The molecule has 0 bridgehead atoms. The maximum atomic E-state index is 12.5. The number of likely N-dealkylation sites (tertiary alicyclic amines) is 1. The predicted molar refractivity (Wildman–Crippen MR) is 103 cm³/mol. The molecule has 0 saturated carbocycles. The molecule has 3 rings (SSSR count). The first kappa shape index (κ1) is 19.5. The summed E-state index contributed by atoms with van der Waals surface area (Å²) in [6.07, 6.45) is 5.43. The molecule has 1 aromatic carbocycles. The SMILES string of the molecule is COCC1CCN(C(=O)/C=C/c2ccc(Cl)cc2Cn2nnc(C)n2)CC1. The van der Waals surface area contributed by atoms with Crippen molar-refractivity contribution < 1.29 is 9.53 Å². The van der Waals surface area contributed by atoms with E-state index < -0.39 is 0 Å². The Morgan fingerprint density at radius 3 is 2.81 bits per heavy atom. The number of piperidine rings is 1. The second-order valence-corrected chi connectivity index (χ2v) is 7.20. The zero-order valence-electron chi connectivity index (χ0n) is 15.6. The van der Waals surface area contributed by atoms with E-state index >= 15 is 0 Å². The van der Waals surface area contributed by atoms with Crippen molar-refractivity contribution >= 4 is 23.6 Å². The first-order chi connectivity index (χ1) is 13.0. The lowest BCUT2D eigenvalue weighted by atomic mass is 9.98. The molecule has 0 aliphatic carbocycles. The van der Waals surface area contributed by atoms with Crippen molar-refractivity contribution in [2.45, 2.75) is 26.3 Å². The van der Waals surface area contributed by atoms with Gasteiger partial charge in [-0.1, -0.05) is 17.7 Å². The van der Waals surface area contributed by atoms with Crippen LogP contribution in [-0.2, 0) is 16.1 Å². The van der Waals surface area contributed by atoms with Gasteiger partial charge in [0.05, 0.1) is 6.54 Å². The van der Waals surface area contributed by atoms with E-state index in [0.29, 0.717) is 23.3 Å². The summed E-state index contributed by atoms with van der Waals surface area (Å²) in [5, 5.41) is 12.7. The van der Waals surface area contributed by atoms with Crippen LogP contribution in [0, 0.1) is 12.8 Å². The largest absolute Gasteiger partial charge is 0.384 e. The Morgan fingerprint density at radius 2 is 2.15 bits per heavy atom. The summed E-state index contributed by atoms with van der Waals surface area (Å²) >= 11 is 6.14. The molecule has 0 atom stereocenters. The zero-order valence-corrected chi connectivity index (χ0v) is 16.4. The number of carbonyl (C=O) groups excluding carboxylic acids is 1. The monoisotopic (exact) mass is 389 g/mol. The summed E-state index contributed by atoms with van der Waals surface area (Å²) in [6, 6.07) is 5.57. The topological polar surface area (TPSA) is 73.1 Å². The Kier molecular flexibility index (Phi) is 6.58. The first-order valence-electron chi connectivity index (χ1n) is 9.04. The number of methoxy groups -OCH3 is 1. The summed E-state index contributed by atoms with van der Waals surface area (Å²) < 4.78 is 5.21. The van der Waals surface area contributed by atoms with E-state index in [4.69, 9.17) is 16.3 Å². The highest BCUT2D eigenvalue weighted by Crippen LogP contribution is 2.20. The predicted octanol–water partition coefficient (Wildman–Crippen LogP) is 2.58. The normalized spacial score (nSPS) is 15.6. The van der Waals surface area contributed by atoms with Crippen LogP contribution in [0.2, 0.25) is 5.02 Å². The summed E-state index contributed by atoms with van der Waals surface area (Å²) in [6.45, 7) is 4.54. The lowest BCUT2D eigenvalue weighted by molar-refractivity contribution is -0.127. The molecule has 2 heterocycles. The van der Waals surface area contributed by atoms with Crippen LogP contribution in [0.15, 0.2) is 24.3 Å². The Morgan fingerprint density at radius 1 is 1.37 bits per heavy atom. The minimum atomic E-state index is 0.0292. The maximum Gasteiger partial charge on any atom is 0.246 e. The van der Waals surface area contributed by atoms with E-state index in [1.54, 1.807) is 20.1 Å². The van der Waals surface area contributed by atoms with Gasteiger partial charge in [0.1, 0.15) is 0 Å². The molecule has 0 radical (unpaired) electrons. The van der Waals surface area contributed by atoms with Crippen molar-refractivity contribution in [3.8, 4) is 0 Å². The highest BCUT2D eigenvalue weighted by atomic mass is 35.5. The maximum absolute atomic E-state index is 12.5. The lowest BCUT2D eigenvalue weighted by Crippen LogP contribution is -2.38. The van der Waals surface area contributed by atoms with E-state index in [9.17, 15) is 4.79 Å². The molecule has 7 nitrogen and oxygen atoms in total. The Labute approximate surface area is 163 Å². The van der Waals surface area contributed by atoms with Crippen molar-refractivity contribution in [2.75, 3.05) is 26.8 Å². The van der Waals surface area contributed by atoms with Crippen LogP contribution in [0.5, 0.6) is 0 Å². The van der Waals surface area contributed by atoms with E-state index in [1.807, 2.05) is 29.2 Å². The molecule has 0 spiro atoms. The second kappa shape index (κ2) is 9.10. The first-order valence-corrected chi connectivity index (χ1v) is 9.41. The highest BCUT2D eigenvalue weighted by Gasteiger charge is 2.21. The third kappa shape index (κ3) is 5.37. The number of carbonyl (C=O) groups is 1. The number of hydrogen-bond donors (Lipinski definition) is 0. The van der Waals surface area contributed by atoms with Gasteiger partial charge in [-0.05, 0) is 60.2 Å². The van der Waals surface area contributed by atoms with Crippen molar-refractivity contribution in [1.82, 2.24) is 25.1 Å². The smallest absolute Gasteiger partial charge is 0.246 e. The minimum Gasteiger partial charge on any atom is -0.384 e. The molecule has 1 aliphatic rings. The van der Waals surface area contributed by atoms with Gasteiger partial charge in [0.25, 0.3) is 0 Å². The lowest BCUT2D eigenvalue weighted by Gasteiger charge is -2.30. The van der Waals surface area contributed by atoms with Gasteiger partial charge in [-0.3, -0.25) is 4.79 Å². The van der Waals surface area contributed by atoms with E-state index in [-0.39, 0.29) is 5.91 Å². The van der Waals surface area contributed by atoms with Crippen LogP contribution >= 0.6 is 11.6 Å². The Balaban J connectivity index is 1.67. The number of halogens is 1. The number of rotatable bonds is 6. The fraction of sp³-hybridized carbons (Fsp3) is 0.474. The van der Waals surface area contributed by atoms with Crippen LogP contribution in [0.1, 0.15) is 29.8 Å². The molecule has 0 N–H and O–H groups in total. The molecule has 0 unspecified atom stereocenters. The third-order valence-electron chi connectivity index (χ3n) is 4.70. The van der Waals surface area contributed by atoms with Crippen LogP contribution < -0.4 is 0 Å². The zero-order chi connectivity index (χ0) is 19.2. The van der Waals surface area contributed by atoms with Gasteiger partial charge < -0.3 is 9.64 Å². The number of ether oxygens (including phenoxy) is 1. The molecule has 144 valence electrons. The van der Waals surface area contributed by atoms with Crippen LogP contribution in [0.4, 0.5) is 0 Å². The van der Waals surface area contributed by atoms with Gasteiger partial charge in [0.15, 0.2) is 5.82 Å². The Bertz CT molecular complexity index is 812. The van der Waals surface area contributed by atoms with E-state index in [2.05, 4.69) is 15.4 Å². The van der Waals surface area contributed by atoms with Crippen molar-refractivity contribution in [2.24, 2.45) is 5.92 Å². The molecule has 1 saturated heterocycles. The van der Waals surface area contributed by atoms with Crippen LogP contribution in [0.3, 0.4) is 0 Å². The molecule has 27 heavy (non-hydrogen) atoms. The highest BCUT2D eigenvalue weighted by molar-refractivity contribution is 6.30. The molecule has 1 amide bonds. The third-order valence-corrected chi connectivity index (χ3v) is 4.94. The second-order valence-electron chi connectivity index (χ2n) is 6.77. The number of aromatic nitrogens is 4.